The van der Waals surface area contributed by atoms with Gasteiger partial charge in [0.05, 0.1) is 6.20 Å². The summed E-state index contributed by atoms with van der Waals surface area (Å²) in [5.74, 6) is 1.93. The van der Waals surface area contributed by atoms with Gasteiger partial charge in [-0.25, -0.2) is 4.98 Å². The van der Waals surface area contributed by atoms with Crippen molar-refractivity contribution in [2.45, 2.75) is 52.4 Å². The summed E-state index contributed by atoms with van der Waals surface area (Å²) in [6.45, 7) is 7.20. The second kappa shape index (κ2) is 8.51. The predicted octanol–water partition coefficient (Wildman–Crippen LogP) is 4.31. The fraction of sp³-hybridized carbons (Fsp3) is 0.474. The Bertz CT molecular complexity index is 615. The van der Waals surface area contributed by atoms with E-state index in [0.717, 1.165) is 30.7 Å². The van der Waals surface area contributed by atoms with Crippen LogP contribution in [0.5, 0.6) is 0 Å². The van der Waals surface area contributed by atoms with E-state index >= 15 is 0 Å². The van der Waals surface area contributed by atoms with Gasteiger partial charge in [0.1, 0.15) is 0 Å². The molecule has 0 saturated heterocycles. The summed E-state index contributed by atoms with van der Waals surface area (Å²) in [6, 6.07) is 8.33. The first kappa shape index (κ1) is 17.3. The van der Waals surface area contributed by atoms with Gasteiger partial charge in [-0.3, -0.25) is 4.79 Å². The van der Waals surface area contributed by atoms with Crippen LogP contribution < -0.4 is 5.32 Å². The van der Waals surface area contributed by atoms with Crippen LogP contribution in [0, 0.1) is 0 Å². The van der Waals surface area contributed by atoms with Crippen LogP contribution in [0.4, 0.5) is 0 Å². The number of hydrogen-bond donors (Lipinski definition) is 1. The second-order valence-electron chi connectivity index (χ2n) is 6.10. The summed E-state index contributed by atoms with van der Waals surface area (Å²) in [6.07, 6.45) is 4.77. The summed E-state index contributed by atoms with van der Waals surface area (Å²) in [5.41, 5.74) is 2.32. The average Bonchev–Trinajstić information content (AvgIpc) is 3.02. The first-order chi connectivity index (χ1) is 11.1. The number of benzene rings is 1. The van der Waals surface area contributed by atoms with Crippen molar-refractivity contribution in [2.75, 3.05) is 6.54 Å². The van der Waals surface area contributed by atoms with Gasteiger partial charge in [0.2, 0.25) is 5.91 Å². The minimum Gasteiger partial charge on any atom is -0.441 e. The summed E-state index contributed by atoms with van der Waals surface area (Å²) in [7, 11) is 0. The van der Waals surface area contributed by atoms with Crippen molar-refractivity contribution < 1.29 is 9.21 Å². The summed E-state index contributed by atoms with van der Waals surface area (Å²) >= 11 is 0. The second-order valence-corrected chi connectivity index (χ2v) is 6.10. The molecule has 1 heterocycles. The van der Waals surface area contributed by atoms with Crippen LogP contribution in [0.1, 0.15) is 57.4 Å². The van der Waals surface area contributed by atoms with E-state index in [1.165, 1.54) is 5.56 Å². The Balaban J connectivity index is 1.89. The van der Waals surface area contributed by atoms with E-state index in [0.29, 0.717) is 24.7 Å². The van der Waals surface area contributed by atoms with E-state index in [4.69, 9.17) is 4.42 Å². The topological polar surface area (TPSA) is 55.1 Å². The van der Waals surface area contributed by atoms with Gasteiger partial charge in [0.15, 0.2) is 11.7 Å². The van der Waals surface area contributed by atoms with Crippen molar-refractivity contribution in [3.05, 3.63) is 41.9 Å². The van der Waals surface area contributed by atoms with Gasteiger partial charge in [0.25, 0.3) is 0 Å². The molecule has 0 spiro atoms. The fourth-order valence-electron chi connectivity index (χ4n) is 2.31. The lowest BCUT2D eigenvalue weighted by atomic mass is 10.0. The van der Waals surface area contributed by atoms with Crippen LogP contribution in [0.3, 0.4) is 0 Å². The number of rotatable bonds is 8. The van der Waals surface area contributed by atoms with Gasteiger partial charge in [-0.2, -0.15) is 0 Å². The van der Waals surface area contributed by atoms with Crippen LogP contribution in [-0.4, -0.2) is 17.4 Å². The predicted molar refractivity (Wildman–Crippen MR) is 92.3 cm³/mol. The number of aryl methyl sites for hydroxylation is 1. The number of unbranched alkanes of at least 4 members (excludes halogenated alkanes) is 1. The molecule has 0 radical (unpaired) electrons. The monoisotopic (exact) mass is 314 g/mol. The highest BCUT2D eigenvalue weighted by atomic mass is 16.4. The number of hydrogen-bond acceptors (Lipinski definition) is 3. The maximum absolute atomic E-state index is 11.7. The highest BCUT2D eigenvalue weighted by Crippen LogP contribution is 2.23. The molecule has 0 saturated carbocycles. The molecular weight excluding hydrogens is 288 g/mol. The van der Waals surface area contributed by atoms with Gasteiger partial charge in [-0.1, -0.05) is 51.5 Å². The number of carbonyl (C=O) groups is 1. The van der Waals surface area contributed by atoms with Crippen molar-refractivity contribution in [3.63, 3.8) is 0 Å². The molecule has 2 rings (SSSR count). The molecule has 1 amide bonds. The quantitative estimate of drug-likeness (QED) is 0.738. The summed E-state index contributed by atoms with van der Waals surface area (Å²) in [4.78, 5) is 16.0. The van der Waals surface area contributed by atoms with E-state index in [9.17, 15) is 4.79 Å². The van der Waals surface area contributed by atoms with E-state index < -0.39 is 0 Å². The van der Waals surface area contributed by atoms with E-state index in [1.54, 1.807) is 6.20 Å². The molecule has 0 aliphatic heterocycles. The van der Waals surface area contributed by atoms with Crippen LogP contribution in [0.25, 0.3) is 11.3 Å². The number of oxazole rings is 1. The first-order valence-corrected chi connectivity index (χ1v) is 8.42. The minimum absolute atomic E-state index is 0.0551. The molecule has 124 valence electrons. The molecule has 1 aromatic heterocycles. The lowest BCUT2D eigenvalue weighted by Gasteiger charge is -2.05. The van der Waals surface area contributed by atoms with E-state index in [-0.39, 0.29) is 5.91 Å². The molecule has 0 unspecified atom stereocenters. The summed E-state index contributed by atoms with van der Waals surface area (Å²) < 4.78 is 5.75. The molecule has 1 N–H and O–H groups in total. The third-order valence-electron chi connectivity index (χ3n) is 3.83. The van der Waals surface area contributed by atoms with Crippen LogP contribution in [-0.2, 0) is 11.2 Å². The van der Waals surface area contributed by atoms with Crippen LogP contribution in [0.2, 0.25) is 0 Å². The Morgan fingerprint density at radius 1 is 1.26 bits per heavy atom. The lowest BCUT2D eigenvalue weighted by Crippen LogP contribution is -2.24. The van der Waals surface area contributed by atoms with Crippen molar-refractivity contribution in [1.29, 1.82) is 0 Å². The van der Waals surface area contributed by atoms with Gasteiger partial charge in [-0.05, 0) is 17.9 Å². The number of nitrogens with one attached hydrogen (secondary N) is 1. The Labute approximate surface area is 138 Å². The molecule has 4 nitrogen and oxygen atoms in total. The maximum atomic E-state index is 11.7. The van der Waals surface area contributed by atoms with Crippen LogP contribution in [0.15, 0.2) is 34.9 Å². The molecule has 0 aliphatic rings. The lowest BCUT2D eigenvalue weighted by molar-refractivity contribution is -0.121. The number of amides is 1. The molecule has 2 aromatic rings. The Kier molecular flexibility index (Phi) is 6.39. The Morgan fingerprint density at radius 2 is 2.00 bits per heavy atom. The molecule has 0 aliphatic carbocycles. The van der Waals surface area contributed by atoms with E-state index in [2.05, 4.69) is 55.3 Å². The zero-order chi connectivity index (χ0) is 16.7. The van der Waals surface area contributed by atoms with Crippen molar-refractivity contribution in [2.24, 2.45) is 0 Å². The Hall–Kier alpha value is -2.10. The zero-order valence-electron chi connectivity index (χ0n) is 14.3. The SMILES string of the molecule is CCCCNC(=O)CCc1ncc(-c2ccc(C(C)C)cc2)o1. The molecule has 0 atom stereocenters. The van der Waals surface area contributed by atoms with Crippen molar-refractivity contribution in [1.82, 2.24) is 10.3 Å². The fourth-order valence-corrected chi connectivity index (χ4v) is 2.31. The highest BCUT2D eigenvalue weighted by molar-refractivity contribution is 5.76. The first-order valence-electron chi connectivity index (χ1n) is 8.42. The minimum atomic E-state index is 0.0551. The maximum Gasteiger partial charge on any atom is 0.220 e. The zero-order valence-corrected chi connectivity index (χ0v) is 14.3. The Morgan fingerprint density at radius 3 is 2.65 bits per heavy atom. The van der Waals surface area contributed by atoms with Gasteiger partial charge < -0.3 is 9.73 Å². The van der Waals surface area contributed by atoms with E-state index in [1.807, 2.05) is 0 Å². The summed E-state index contributed by atoms with van der Waals surface area (Å²) in [5, 5.41) is 2.90. The van der Waals surface area contributed by atoms with Gasteiger partial charge in [-0.15, -0.1) is 0 Å². The molecule has 23 heavy (non-hydrogen) atoms. The molecule has 0 fully saturated rings. The highest BCUT2D eigenvalue weighted by Gasteiger charge is 2.09. The average molecular weight is 314 g/mol. The smallest absolute Gasteiger partial charge is 0.220 e. The molecule has 1 aromatic carbocycles. The molecule has 4 heteroatoms. The van der Waals surface area contributed by atoms with Crippen LogP contribution >= 0.6 is 0 Å². The largest absolute Gasteiger partial charge is 0.441 e. The van der Waals surface area contributed by atoms with Gasteiger partial charge >= 0.3 is 0 Å². The van der Waals surface area contributed by atoms with Crippen molar-refractivity contribution >= 4 is 5.91 Å². The third kappa shape index (κ3) is 5.23. The number of aromatic nitrogens is 1. The number of nitrogens with zero attached hydrogens (tertiary/aromatic N) is 1. The molecule has 0 bridgehead atoms. The number of carbonyl (C=O) groups excluding carboxylic acids is 1. The normalized spacial score (nSPS) is 11.0. The van der Waals surface area contributed by atoms with Crippen molar-refractivity contribution in [3.8, 4) is 11.3 Å². The standard InChI is InChI=1S/C19H26N2O2/c1-4-5-12-20-18(22)10-11-19-21-13-17(23-19)16-8-6-15(7-9-16)14(2)3/h6-9,13-14H,4-5,10-12H2,1-3H3,(H,20,22). The molecular formula is C19H26N2O2. The van der Waals surface area contributed by atoms with Gasteiger partial charge in [0, 0.05) is 24.9 Å². The third-order valence-corrected chi connectivity index (χ3v) is 3.83.